The number of hydrogen-bond donors (Lipinski definition) is 2. The summed E-state index contributed by atoms with van der Waals surface area (Å²) in [6.07, 6.45) is -0.179. The van der Waals surface area contributed by atoms with Crippen molar-refractivity contribution in [2.75, 3.05) is 19.7 Å². The topological polar surface area (TPSA) is 70.0 Å². The molecule has 1 aliphatic heterocycles. The quantitative estimate of drug-likeness (QED) is 0.854. The minimum atomic E-state index is -0.664. The third-order valence-electron chi connectivity index (χ3n) is 6.01. The van der Waals surface area contributed by atoms with E-state index in [4.69, 9.17) is 4.74 Å². The summed E-state index contributed by atoms with van der Waals surface area (Å²) in [5.41, 5.74) is 2.77. The second-order valence-electron chi connectivity index (χ2n) is 7.87. The number of amides is 1. The molecule has 0 radical (unpaired) electrons. The molecule has 1 saturated carbocycles. The van der Waals surface area contributed by atoms with Crippen LogP contribution in [-0.4, -0.2) is 52.9 Å². The Bertz CT molecular complexity index is 817. The molecule has 148 valence electrons. The highest BCUT2D eigenvalue weighted by atomic mass is 16.5. The van der Waals surface area contributed by atoms with Gasteiger partial charge in [0.05, 0.1) is 18.8 Å². The predicted octanol–water partition coefficient (Wildman–Crippen LogP) is 2.96. The van der Waals surface area contributed by atoms with Crippen molar-refractivity contribution in [1.29, 1.82) is 0 Å². The fourth-order valence-corrected chi connectivity index (χ4v) is 4.49. The smallest absolute Gasteiger partial charge is 0.253 e. The highest BCUT2D eigenvalue weighted by Gasteiger charge is 2.42. The lowest BCUT2D eigenvalue weighted by atomic mass is 9.79. The van der Waals surface area contributed by atoms with E-state index in [9.17, 15) is 15.0 Å². The van der Waals surface area contributed by atoms with Gasteiger partial charge < -0.3 is 19.8 Å². The molecule has 4 atom stereocenters. The maximum atomic E-state index is 12.9. The Balaban J connectivity index is 1.46. The Kier molecular flexibility index (Phi) is 5.38. The Morgan fingerprint density at radius 2 is 1.64 bits per heavy atom. The van der Waals surface area contributed by atoms with E-state index < -0.39 is 12.2 Å². The van der Waals surface area contributed by atoms with E-state index in [1.54, 1.807) is 0 Å². The van der Waals surface area contributed by atoms with E-state index >= 15 is 0 Å². The first-order valence-corrected chi connectivity index (χ1v) is 10.0. The third-order valence-corrected chi connectivity index (χ3v) is 6.01. The lowest BCUT2D eigenvalue weighted by Crippen LogP contribution is -2.38. The van der Waals surface area contributed by atoms with Gasteiger partial charge in [-0.3, -0.25) is 4.79 Å². The molecule has 4 unspecified atom stereocenters. The van der Waals surface area contributed by atoms with Crippen LogP contribution in [-0.2, 0) is 0 Å². The molecule has 2 aliphatic rings. The largest absolute Gasteiger partial charge is 0.494 e. The summed E-state index contributed by atoms with van der Waals surface area (Å²) < 4.78 is 5.56. The first-order valence-electron chi connectivity index (χ1n) is 10.0. The Hall–Kier alpha value is -2.37. The predicted molar refractivity (Wildman–Crippen MR) is 107 cm³/mol. The fraction of sp³-hybridized carbons (Fsp3) is 0.435. The van der Waals surface area contributed by atoms with E-state index in [2.05, 4.69) is 0 Å². The zero-order valence-corrected chi connectivity index (χ0v) is 16.1. The summed E-state index contributed by atoms with van der Waals surface area (Å²) in [7, 11) is 0. The minimum Gasteiger partial charge on any atom is -0.494 e. The van der Waals surface area contributed by atoms with Gasteiger partial charge in [0.15, 0.2) is 0 Å². The first-order chi connectivity index (χ1) is 13.5. The SMILES string of the molecule is CCOc1cccc(-c2ccc(C(=O)N3CC4CC(O)C(O)CC4C3)cc2)c1. The average molecular weight is 381 g/mol. The van der Waals surface area contributed by atoms with E-state index in [0.717, 1.165) is 16.9 Å². The number of rotatable bonds is 4. The number of aliphatic hydroxyl groups is 2. The van der Waals surface area contributed by atoms with Crippen molar-refractivity contribution in [3.8, 4) is 16.9 Å². The number of benzene rings is 2. The molecule has 1 aliphatic carbocycles. The molecule has 0 spiro atoms. The summed E-state index contributed by atoms with van der Waals surface area (Å²) in [4.78, 5) is 14.8. The second-order valence-corrected chi connectivity index (χ2v) is 7.87. The number of likely N-dealkylation sites (tertiary alicyclic amines) is 1. The third kappa shape index (κ3) is 3.77. The summed E-state index contributed by atoms with van der Waals surface area (Å²) in [6.45, 7) is 3.91. The zero-order valence-electron chi connectivity index (χ0n) is 16.1. The molecule has 28 heavy (non-hydrogen) atoms. The van der Waals surface area contributed by atoms with Crippen molar-refractivity contribution in [3.05, 3.63) is 54.1 Å². The first kappa shape index (κ1) is 19.0. The molecule has 5 nitrogen and oxygen atoms in total. The van der Waals surface area contributed by atoms with Gasteiger partial charge in [-0.25, -0.2) is 0 Å². The highest BCUT2D eigenvalue weighted by molar-refractivity contribution is 5.95. The maximum Gasteiger partial charge on any atom is 0.253 e. The van der Waals surface area contributed by atoms with Gasteiger partial charge >= 0.3 is 0 Å². The number of ether oxygens (including phenoxy) is 1. The molecular formula is C23H27NO4. The van der Waals surface area contributed by atoms with Crippen LogP contribution in [0.3, 0.4) is 0 Å². The Labute approximate surface area is 165 Å². The van der Waals surface area contributed by atoms with E-state index in [1.165, 1.54) is 0 Å². The molecule has 0 aromatic heterocycles. The Morgan fingerprint density at radius 1 is 1.00 bits per heavy atom. The number of hydrogen-bond acceptors (Lipinski definition) is 4. The van der Waals surface area contributed by atoms with Crippen molar-refractivity contribution in [2.24, 2.45) is 11.8 Å². The van der Waals surface area contributed by atoms with Crippen LogP contribution in [0.1, 0.15) is 30.1 Å². The molecule has 1 heterocycles. The van der Waals surface area contributed by atoms with Gasteiger partial charge in [0, 0.05) is 18.7 Å². The maximum absolute atomic E-state index is 12.9. The fourth-order valence-electron chi connectivity index (χ4n) is 4.49. The van der Waals surface area contributed by atoms with Crippen LogP contribution in [0.2, 0.25) is 0 Å². The molecule has 1 saturated heterocycles. The molecule has 1 amide bonds. The van der Waals surface area contributed by atoms with Crippen molar-refractivity contribution in [1.82, 2.24) is 4.90 Å². The second kappa shape index (κ2) is 7.94. The van der Waals surface area contributed by atoms with Crippen LogP contribution in [0, 0.1) is 11.8 Å². The lowest BCUT2D eigenvalue weighted by molar-refractivity contribution is -0.0372. The van der Waals surface area contributed by atoms with Crippen LogP contribution in [0.4, 0.5) is 0 Å². The van der Waals surface area contributed by atoms with Gasteiger partial charge in [-0.2, -0.15) is 0 Å². The van der Waals surface area contributed by atoms with Crippen molar-refractivity contribution in [3.63, 3.8) is 0 Å². The van der Waals surface area contributed by atoms with Crippen molar-refractivity contribution < 1.29 is 19.7 Å². The normalized spacial score (nSPS) is 26.8. The molecule has 2 aromatic carbocycles. The van der Waals surface area contributed by atoms with Gasteiger partial charge in [-0.1, -0.05) is 24.3 Å². The molecule has 4 rings (SSSR count). The average Bonchev–Trinajstić information content (AvgIpc) is 3.11. The van der Waals surface area contributed by atoms with Crippen LogP contribution in [0.25, 0.3) is 11.1 Å². The van der Waals surface area contributed by atoms with Gasteiger partial charge in [0.2, 0.25) is 0 Å². The van der Waals surface area contributed by atoms with Crippen LogP contribution in [0.5, 0.6) is 5.75 Å². The summed E-state index contributed by atoms with van der Waals surface area (Å²) in [5.74, 6) is 1.42. The number of carbonyl (C=O) groups excluding carboxylic acids is 1. The minimum absolute atomic E-state index is 0.0213. The van der Waals surface area contributed by atoms with Crippen LogP contribution in [0.15, 0.2) is 48.5 Å². The Morgan fingerprint density at radius 3 is 2.25 bits per heavy atom. The molecule has 0 bridgehead atoms. The molecular weight excluding hydrogens is 354 g/mol. The van der Waals surface area contributed by atoms with Gasteiger partial charge in [-0.05, 0) is 67.0 Å². The lowest BCUT2D eigenvalue weighted by Gasteiger charge is -2.31. The van der Waals surface area contributed by atoms with E-state index in [1.807, 2.05) is 60.4 Å². The molecule has 2 fully saturated rings. The number of nitrogens with zero attached hydrogens (tertiary/aromatic N) is 1. The van der Waals surface area contributed by atoms with E-state index in [-0.39, 0.29) is 17.7 Å². The number of carbonyl (C=O) groups is 1. The van der Waals surface area contributed by atoms with Crippen LogP contribution < -0.4 is 4.74 Å². The molecule has 5 heteroatoms. The number of fused-ring (bicyclic) bond motifs is 1. The zero-order chi connectivity index (χ0) is 19.7. The van der Waals surface area contributed by atoms with E-state index in [0.29, 0.717) is 38.1 Å². The van der Waals surface area contributed by atoms with Crippen LogP contribution >= 0.6 is 0 Å². The standard InChI is InChI=1S/C23H27NO4/c1-2-28-20-5-3-4-17(10-20)15-6-8-16(9-7-15)23(27)24-13-18-11-21(25)22(26)12-19(18)14-24/h3-10,18-19,21-22,25-26H,2,11-14H2,1H3. The van der Waals surface area contributed by atoms with Gasteiger partial charge in [-0.15, -0.1) is 0 Å². The molecule has 2 N–H and O–H groups in total. The number of aliphatic hydroxyl groups excluding tert-OH is 2. The summed E-state index contributed by atoms with van der Waals surface area (Å²) in [5, 5.41) is 19.8. The van der Waals surface area contributed by atoms with Crippen molar-refractivity contribution in [2.45, 2.75) is 32.0 Å². The van der Waals surface area contributed by atoms with Gasteiger partial charge in [0.1, 0.15) is 5.75 Å². The summed E-state index contributed by atoms with van der Waals surface area (Å²) >= 11 is 0. The van der Waals surface area contributed by atoms with Gasteiger partial charge in [0.25, 0.3) is 5.91 Å². The highest BCUT2D eigenvalue weighted by Crippen LogP contribution is 2.37. The van der Waals surface area contributed by atoms with Crippen molar-refractivity contribution >= 4 is 5.91 Å². The molecule has 2 aromatic rings. The summed E-state index contributed by atoms with van der Waals surface area (Å²) in [6, 6.07) is 15.6. The monoisotopic (exact) mass is 381 g/mol.